The van der Waals surface area contributed by atoms with Crippen LogP contribution in [0.1, 0.15) is 34.1 Å². The van der Waals surface area contributed by atoms with E-state index >= 15 is 0 Å². The second kappa shape index (κ2) is 9.78. The first kappa shape index (κ1) is 24.3. The minimum Gasteiger partial charge on any atom is -0.496 e. The summed E-state index contributed by atoms with van der Waals surface area (Å²) in [5, 5.41) is 9.48. The molecule has 4 aromatic heterocycles. The maximum Gasteiger partial charge on any atom is 0.212 e. The lowest BCUT2D eigenvalue weighted by molar-refractivity contribution is 0.0629. The summed E-state index contributed by atoms with van der Waals surface area (Å²) in [6.07, 6.45) is 3.71. The summed E-state index contributed by atoms with van der Waals surface area (Å²) in [5.74, 6) is 1.98. The molecule has 2 aromatic carbocycles. The van der Waals surface area contributed by atoms with Crippen molar-refractivity contribution in [2.24, 2.45) is 0 Å². The van der Waals surface area contributed by atoms with E-state index in [0.29, 0.717) is 29.4 Å². The van der Waals surface area contributed by atoms with E-state index in [9.17, 15) is 0 Å². The molecular formula is C29H26N4O4S2. The van der Waals surface area contributed by atoms with E-state index in [4.69, 9.17) is 23.6 Å². The third-order valence-electron chi connectivity index (χ3n) is 7.21. The maximum atomic E-state index is 6.34. The molecule has 0 saturated carbocycles. The fraction of sp³-hybridized carbons (Fsp3) is 0.276. The molecule has 10 heteroatoms. The number of thiazole rings is 1. The van der Waals surface area contributed by atoms with E-state index in [1.807, 2.05) is 31.3 Å². The summed E-state index contributed by atoms with van der Waals surface area (Å²) >= 11 is 3.24. The molecule has 5 heterocycles. The maximum absolute atomic E-state index is 6.34. The van der Waals surface area contributed by atoms with Gasteiger partial charge in [-0.3, -0.25) is 0 Å². The van der Waals surface area contributed by atoms with Crippen LogP contribution < -0.4 is 9.47 Å². The zero-order valence-electron chi connectivity index (χ0n) is 21.5. The summed E-state index contributed by atoms with van der Waals surface area (Å²) in [5.41, 5.74) is 3.45. The van der Waals surface area contributed by atoms with Gasteiger partial charge in [0.2, 0.25) is 4.96 Å². The Bertz CT molecular complexity index is 1730. The molecule has 0 amide bonds. The molecule has 1 aliphatic rings. The van der Waals surface area contributed by atoms with Crippen LogP contribution in [0.25, 0.3) is 27.4 Å². The molecule has 0 radical (unpaired) electrons. The highest BCUT2D eigenvalue weighted by Crippen LogP contribution is 2.43. The number of fused-ring (bicyclic) bond motifs is 2. The average Bonchev–Trinajstić information content (AvgIpc) is 3.75. The second-order valence-corrected chi connectivity index (χ2v) is 11.6. The Morgan fingerprint density at radius 2 is 1.92 bits per heavy atom. The molecular weight excluding hydrogens is 532 g/mol. The molecule has 0 N–H and O–H groups in total. The van der Waals surface area contributed by atoms with Gasteiger partial charge in [0, 0.05) is 30.7 Å². The lowest BCUT2D eigenvalue weighted by Crippen LogP contribution is -2.35. The molecule has 198 valence electrons. The van der Waals surface area contributed by atoms with Crippen molar-refractivity contribution in [1.82, 2.24) is 19.6 Å². The molecule has 0 spiro atoms. The average molecular weight is 559 g/mol. The third kappa shape index (κ3) is 4.38. The first-order chi connectivity index (χ1) is 19.1. The smallest absolute Gasteiger partial charge is 0.212 e. The molecule has 8 nitrogen and oxygen atoms in total. The van der Waals surface area contributed by atoms with Gasteiger partial charge in [-0.25, -0.2) is 14.5 Å². The van der Waals surface area contributed by atoms with Gasteiger partial charge >= 0.3 is 0 Å². The van der Waals surface area contributed by atoms with Crippen LogP contribution in [0.15, 0.2) is 64.5 Å². The van der Waals surface area contributed by atoms with Crippen molar-refractivity contribution in [3.05, 3.63) is 81.4 Å². The van der Waals surface area contributed by atoms with Crippen molar-refractivity contribution in [1.29, 1.82) is 0 Å². The van der Waals surface area contributed by atoms with Crippen LogP contribution in [0.2, 0.25) is 0 Å². The van der Waals surface area contributed by atoms with Gasteiger partial charge in [0.1, 0.15) is 39.4 Å². The predicted molar refractivity (Wildman–Crippen MR) is 151 cm³/mol. The van der Waals surface area contributed by atoms with Crippen molar-refractivity contribution in [2.45, 2.75) is 31.8 Å². The van der Waals surface area contributed by atoms with Crippen LogP contribution in [0.4, 0.5) is 0 Å². The first-order valence-electron chi connectivity index (χ1n) is 12.8. The number of aryl methyl sites for hydroxylation is 1. The van der Waals surface area contributed by atoms with Crippen LogP contribution >= 0.6 is 22.7 Å². The Morgan fingerprint density at radius 3 is 2.72 bits per heavy atom. The fourth-order valence-corrected chi connectivity index (χ4v) is 7.02. The van der Waals surface area contributed by atoms with E-state index in [-0.39, 0.29) is 5.41 Å². The van der Waals surface area contributed by atoms with E-state index < -0.39 is 0 Å². The molecule has 7 rings (SSSR count). The van der Waals surface area contributed by atoms with Gasteiger partial charge in [-0.1, -0.05) is 41.7 Å². The van der Waals surface area contributed by atoms with Gasteiger partial charge in [0.05, 0.1) is 29.8 Å². The number of imidazole rings is 1. The topological polar surface area (TPSA) is 83.9 Å². The van der Waals surface area contributed by atoms with Crippen LogP contribution in [0, 0.1) is 6.92 Å². The van der Waals surface area contributed by atoms with Crippen molar-refractivity contribution >= 4 is 38.6 Å². The lowest BCUT2D eigenvalue weighted by Gasteiger charge is -2.36. The molecule has 0 unspecified atom stereocenters. The predicted octanol–water partition coefficient (Wildman–Crippen LogP) is 6.65. The van der Waals surface area contributed by atoms with Crippen LogP contribution in [-0.4, -0.2) is 39.9 Å². The van der Waals surface area contributed by atoms with E-state index in [2.05, 4.69) is 45.8 Å². The SMILES string of the molecule is COc1cc(OCc2csc(C3(c4ccccc4)CCOCC3)n2)c2cc(-c3cn4nc(C)sc4n3)oc2c1. The zero-order valence-corrected chi connectivity index (χ0v) is 23.2. The number of hydrogen-bond acceptors (Lipinski definition) is 9. The van der Waals surface area contributed by atoms with E-state index in [1.54, 1.807) is 34.3 Å². The Labute approximate surface area is 232 Å². The number of ether oxygens (including phenoxy) is 3. The van der Waals surface area contributed by atoms with Gasteiger partial charge in [-0.15, -0.1) is 11.3 Å². The normalized spacial score (nSPS) is 15.2. The Morgan fingerprint density at radius 1 is 1.08 bits per heavy atom. The van der Waals surface area contributed by atoms with Gasteiger partial charge in [0.25, 0.3) is 0 Å². The number of aromatic nitrogens is 4. The largest absolute Gasteiger partial charge is 0.496 e. The molecule has 1 aliphatic heterocycles. The van der Waals surface area contributed by atoms with Crippen molar-refractivity contribution in [3.8, 4) is 23.0 Å². The number of rotatable bonds is 7. The highest BCUT2D eigenvalue weighted by Gasteiger charge is 2.39. The Kier molecular flexibility index (Phi) is 6.10. The molecule has 1 saturated heterocycles. The number of methoxy groups -OCH3 is 1. The zero-order chi connectivity index (χ0) is 26.4. The highest BCUT2D eigenvalue weighted by molar-refractivity contribution is 7.16. The molecule has 0 bridgehead atoms. The van der Waals surface area contributed by atoms with Crippen LogP contribution in [-0.2, 0) is 16.8 Å². The van der Waals surface area contributed by atoms with E-state index in [0.717, 1.165) is 57.8 Å². The number of furan rings is 1. The minimum atomic E-state index is -0.128. The summed E-state index contributed by atoms with van der Waals surface area (Å²) in [6, 6.07) is 16.4. The summed E-state index contributed by atoms with van der Waals surface area (Å²) < 4.78 is 25.5. The second-order valence-electron chi connectivity index (χ2n) is 9.62. The standard InChI is InChI=1S/C29H26N4O4S2/c1-18-32-33-15-23(31-28(33)39-18)26-14-22-24(12-21(34-2)13-25(22)37-26)36-16-20-17-38-27(30-20)29(8-10-35-11-9-29)19-6-4-3-5-7-19/h3-7,12-15,17H,8-11,16H2,1-2H3. The molecule has 0 aliphatic carbocycles. The number of hydrogen-bond donors (Lipinski definition) is 0. The van der Waals surface area contributed by atoms with Crippen molar-refractivity contribution in [2.75, 3.05) is 20.3 Å². The van der Waals surface area contributed by atoms with E-state index in [1.165, 1.54) is 5.56 Å². The Hall–Kier alpha value is -3.73. The van der Waals surface area contributed by atoms with Crippen molar-refractivity contribution < 1.29 is 18.6 Å². The summed E-state index contributed by atoms with van der Waals surface area (Å²) in [4.78, 5) is 10.6. The molecule has 1 fully saturated rings. The van der Waals surface area contributed by atoms with Gasteiger partial charge in [-0.2, -0.15) is 5.10 Å². The first-order valence-corrected chi connectivity index (χ1v) is 14.5. The summed E-state index contributed by atoms with van der Waals surface area (Å²) in [6.45, 7) is 3.76. The van der Waals surface area contributed by atoms with Crippen molar-refractivity contribution in [3.63, 3.8) is 0 Å². The summed E-state index contributed by atoms with van der Waals surface area (Å²) in [7, 11) is 1.63. The van der Waals surface area contributed by atoms with Crippen LogP contribution in [0.5, 0.6) is 11.5 Å². The molecule has 39 heavy (non-hydrogen) atoms. The lowest BCUT2D eigenvalue weighted by atomic mass is 9.74. The Balaban J connectivity index is 1.18. The van der Waals surface area contributed by atoms with Gasteiger partial charge in [0.15, 0.2) is 5.76 Å². The highest BCUT2D eigenvalue weighted by atomic mass is 32.1. The molecule has 0 atom stereocenters. The monoisotopic (exact) mass is 558 g/mol. The van der Waals surface area contributed by atoms with Crippen LogP contribution in [0.3, 0.4) is 0 Å². The number of benzene rings is 2. The minimum absolute atomic E-state index is 0.128. The third-order valence-corrected chi connectivity index (χ3v) is 9.15. The van der Waals surface area contributed by atoms with Gasteiger partial charge in [-0.05, 0) is 31.4 Å². The fourth-order valence-electron chi connectivity index (χ4n) is 5.21. The van der Waals surface area contributed by atoms with Gasteiger partial charge < -0.3 is 18.6 Å². The molecule has 6 aromatic rings. The quantitative estimate of drug-likeness (QED) is 0.217. The number of nitrogens with zero attached hydrogens (tertiary/aromatic N) is 4.